The zero-order valence-electron chi connectivity index (χ0n) is 16.0. The van der Waals surface area contributed by atoms with E-state index in [9.17, 15) is 0 Å². The second-order valence-electron chi connectivity index (χ2n) is 6.52. The van der Waals surface area contributed by atoms with Crippen LogP contribution in [-0.4, -0.2) is 19.9 Å². The van der Waals surface area contributed by atoms with E-state index in [2.05, 4.69) is 27.2 Å². The third-order valence-electron chi connectivity index (χ3n) is 4.49. The van der Waals surface area contributed by atoms with Crippen molar-refractivity contribution in [1.82, 2.24) is 19.9 Å². The Labute approximate surface area is 174 Å². The molecule has 6 heteroatoms. The fourth-order valence-corrected chi connectivity index (χ4v) is 3.27. The summed E-state index contributed by atoms with van der Waals surface area (Å²) in [5.41, 5.74) is 3.56. The van der Waals surface area contributed by atoms with E-state index >= 15 is 0 Å². The lowest BCUT2D eigenvalue weighted by Crippen LogP contribution is -2.15. The van der Waals surface area contributed by atoms with Gasteiger partial charge >= 0.3 is 0 Å². The number of benzene rings is 1. The Morgan fingerprint density at radius 1 is 0.897 bits per heavy atom. The molecule has 0 aliphatic rings. The van der Waals surface area contributed by atoms with Gasteiger partial charge in [-0.15, -0.1) is 0 Å². The fourth-order valence-electron chi connectivity index (χ4n) is 3.07. The van der Waals surface area contributed by atoms with Crippen LogP contribution in [0.25, 0.3) is 11.5 Å². The summed E-state index contributed by atoms with van der Waals surface area (Å²) in [7, 11) is 0. The Kier molecular flexibility index (Phi) is 5.77. The van der Waals surface area contributed by atoms with Crippen molar-refractivity contribution < 1.29 is 0 Å². The van der Waals surface area contributed by atoms with Gasteiger partial charge in [-0.25, -0.2) is 9.97 Å². The number of rotatable bonds is 6. The standard InChI is InChI=1S/C23H20ClN5/c1-2-18-15-21(29-23(27-18)20-11-4-6-13-26-20)28-22(19-10-3-5-12-25-19)16-8-7-9-17(24)14-16/h3-15,22H,2H2,1H3,(H,27,28,29). The fraction of sp³-hybridized carbons (Fsp3) is 0.130. The monoisotopic (exact) mass is 401 g/mol. The molecule has 1 aromatic carbocycles. The van der Waals surface area contributed by atoms with Crippen LogP contribution < -0.4 is 5.32 Å². The molecule has 3 heterocycles. The molecule has 4 aromatic rings. The molecule has 0 radical (unpaired) electrons. The topological polar surface area (TPSA) is 63.6 Å². The number of anilines is 1. The SMILES string of the molecule is CCc1cc(NC(c2cccc(Cl)c2)c2ccccn2)nc(-c2ccccn2)n1. The number of hydrogen-bond acceptors (Lipinski definition) is 5. The molecular weight excluding hydrogens is 382 g/mol. The lowest BCUT2D eigenvalue weighted by Gasteiger charge is -2.20. The van der Waals surface area contributed by atoms with Crippen molar-refractivity contribution >= 4 is 17.4 Å². The molecule has 29 heavy (non-hydrogen) atoms. The molecular formula is C23H20ClN5. The highest BCUT2D eigenvalue weighted by molar-refractivity contribution is 6.30. The quantitative estimate of drug-likeness (QED) is 0.471. The number of nitrogens with zero attached hydrogens (tertiary/aromatic N) is 4. The maximum atomic E-state index is 6.25. The molecule has 0 spiro atoms. The second kappa shape index (κ2) is 8.80. The number of nitrogens with one attached hydrogen (secondary N) is 1. The van der Waals surface area contributed by atoms with Crippen LogP contribution in [0.4, 0.5) is 5.82 Å². The molecule has 1 N–H and O–H groups in total. The summed E-state index contributed by atoms with van der Waals surface area (Å²) in [6, 6.07) is 21.1. The minimum atomic E-state index is -0.203. The van der Waals surface area contributed by atoms with E-state index in [0.717, 1.165) is 29.1 Å². The number of halogens is 1. The maximum Gasteiger partial charge on any atom is 0.180 e. The average Bonchev–Trinajstić information content (AvgIpc) is 2.78. The van der Waals surface area contributed by atoms with Crippen LogP contribution in [0.5, 0.6) is 0 Å². The third-order valence-corrected chi connectivity index (χ3v) is 4.73. The highest BCUT2D eigenvalue weighted by Gasteiger charge is 2.17. The highest BCUT2D eigenvalue weighted by atomic mass is 35.5. The molecule has 0 aliphatic carbocycles. The van der Waals surface area contributed by atoms with Gasteiger partial charge in [0.25, 0.3) is 0 Å². The minimum absolute atomic E-state index is 0.203. The summed E-state index contributed by atoms with van der Waals surface area (Å²) >= 11 is 6.25. The Morgan fingerprint density at radius 2 is 1.72 bits per heavy atom. The van der Waals surface area contributed by atoms with E-state index in [1.54, 1.807) is 12.4 Å². The van der Waals surface area contributed by atoms with Gasteiger partial charge in [-0.05, 0) is 48.4 Å². The summed E-state index contributed by atoms with van der Waals surface area (Å²) in [5.74, 6) is 1.31. The van der Waals surface area contributed by atoms with Crippen LogP contribution in [0.15, 0.2) is 79.1 Å². The molecule has 0 fully saturated rings. The second-order valence-corrected chi connectivity index (χ2v) is 6.96. The first-order valence-electron chi connectivity index (χ1n) is 9.45. The third kappa shape index (κ3) is 4.58. The van der Waals surface area contributed by atoms with Gasteiger partial charge in [-0.3, -0.25) is 9.97 Å². The van der Waals surface area contributed by atoms with E-state index in [1.165, 1.54) is 0 Å². The maximum absolute atomic E-state index is 6.25. The van der Waals surface area contributed by atoms with Crippen molar-refractivity contribution in [3.63, 3.8) is 0 Å². The van der Waals surface area contributed by atoms with Gasteiger partial charge in [0.1, 0.15) is 11.5 Å². The Bertz CT molecular complexity index is 1090. The summed E-state index contributed by atoms with van der Waals surface area (Å²) in [4.78, 5) is 18.3. The number of hydrogen-bond donors (Lipinski definition) is 1. The van der Waals surface area contributed by atoms with Crippen LogP contribution in [-0.2, 0) is 6.42 Å². The molecule has 144 valence electrons. The zero-order valence-corrected chi connectivity index (χ0v) is 16.7. The molecule has 5 nitrogen and oxygen atoms in total. The molecule has 1 unspecified atom stereocenters. The van der Waals surface area contributed by atoms with E-state index in [-0.39, 0.29) is 6.04 Å². The molecule has 0 saturated carbocycles. The number of pyridine rings is 2. The molecule has 4 rings (SSSR count). The predicted octanol–water partition coefficient (Wildman–Crippen LogP) is 5.35. The van der Waals surface area contributed by atoms with Gasteiger partial charge in [0.05, 0.1) is 11.7 Å². The Hall–Kier alpha value is -3.31. The van der Waals surface area contributed by atoms with Crippen LogP contribution in [0.2, 0.25) is 5.02 Å². The molecule has 0 aliphatic heterocycles. The predicted molar refractivity (Wildman–Crippen MR) is 116 cm³/mol. The lowest BCUT2D eigenvalue weighted by atomic mass is 10.0. The van der Waals surface area contributed by atoms with Gasteiger partial charge in [0, 0.05) is 29.2 Å². The van der Waals surface area contributed by atoms with Gasteiger partial charge in [0.15, 0.2) is 5.82 Å². The van der Waals surface area contributed by atoms with Crippen molar-refractivity contribution in [3.05, 3.63) is 101 Å². The zero-order chi connectivity index (χ0) is 20.1. The molecule has 0 saturated heterocycles. The lowest BCUT2D eigenvalue weighted by molar-refractivity contribution is 0.871. The molecule has 0 bridgehead atoms. The van der Waals surface area contributed by atoms with E-state index < -0.39 is 0 Å². The van der Waals surface area contributed by atoms with Crippen molar-refractivity contribution in [1.29, 1.82) is 0 Å². The van der Waals surface area contributed by atoms with Crippen molar-refractivity contribution in [2.24, 2.45) is 0 Å². The van der Waals surface area contributed by atoms with Crippen LogP contribution in [0.1, 0.15) is 29.9 Å². The normalized spacial score (nSPS) is 11.8. The van der Waals surface area contributed by atoms with Crippen LogP contribution in [0.3, 0.4) is 0 Å². The van der Waals surface area contributed by atoms with Crippen LogP contribution >= 0.6 is 11.6 Å². The Morgan fingerprint density at radius 3 is 2.41 bits per heavy atom. The van der Waals surface area contributed by atoms with Crippen LogP contribution in [0, 0.1) is 0 Å². The summed E-state index contributed by atoms with van der Waals surface area (Å²) in [6.45, 7) is 2.07. The van der Waals surface area contributed by atoms with Gasteiger partial charge in [-0.2, -0.15) is 0 Å². The highest BCUT2D eigenvalue weighted by Crippen LogP contribution is 2.27. The van der Waals surface area contributed by atoms with E-state index in [1.807, 2.05) is 66.7 Å². The smallest absolute Gasteiger partial charge is 0.180 e. The van der Waals surface area contributed by atoms with Gasteiger partial charge < -0.3 is 5.32 Å². The van der Waals surface area contributed by atoms with Gasteiger partial charge in [0.2, 0.25) is 0 Å². The van der Waals surface area contributed by atoms with E-state index in [0.29, 0.717) is 16.7 Å². The van der Waals surface area contributed by atoms with Crippen molar-refractivity contribution in [2.45, 2.75) is 19.4 Å². The first kappa shape index (κ1) is 19.0. The Balaban J connectivity index is 1.76. The summed E-state index contributed by atoms with van der Waals surface area (Å²) in [6.07, 6.45) is 4.32. The van der Waals surface area contributed by atoms with Gasteiger partial charge in [-0.1, -0.05) is 42.8 Å². The number of aryl methyl sites for hydroxylation is 1. The summed E-state index contributed by atoms with van der Waals surface area (Å²) in [5, 5.41) is 4.20. The molecule has 0 amide bonds. The van der Waals surface area contributed by atoms with E-state index in [4.69, 9.17) is 16.6 Å². The molecule has 3 aromatic heterocycles. The first-order valence-corrected chi connectivity index (χ1v) is 9.83. The van der Waals surface area contributed by atoms with Crippen molar-refractivity contribution in [3.8, 4) is 11.5 Å². The molecule has 1 atom stereocenters. The van der Waals surface area contributed by atoms with Crippen molar-refractivity contribution in [2.75, 3.05) is 5.32 Å². The summed E-state index contributed by atoms with van der Waals surface area (Å²) < 4.78 is 0. The largest absolute Gasteiger partial charge is 0.357 e. The average molecular weight is 402 g/mol. The minimum Gasteiger partial charge on any atom is -0.357 e. The first-order chi connectivity index (χ1) is 14.2. The number of aromatic nitrogens is 4.